The molecule has 0 radical (unpaired) electrons. The van der Waals surface area contributed by atoms with Crippen molar-refractivity contribution in [3.8, 4) is 11.5 Å². The summed E-state index contributed by atoms with van der Waals surface area (Å²) in [6.07, 6.45) is 2.19. The number of amides is 2. The molecule has 1 aromatic heterocycles. The van der Waals surface area contributed by atoms with Crippen molar-refractivity contribution in [3.05, 3.63) is 76.7 Å². The second-order valence-electron chi connectivity index (χ2n) is 7.62. The summed E-state index contributed by atoms with van der Waals surface area (Å²) in [5.41, 5.74) is 5.87. The van der Waals surface area contributed by atoms with E-state index in [4.69, 9.17) is 13.9 Å². The zero-order chi connectivity index (χ0) is 23.4. The van der Waals surface area contributed by atoms with Crippen LogP contribution in [0.3, 0.4) is 0 Å². The number of aryl methyl sites for hydroxylation is 1. The zero-order valence-electron chi connectivity index (χ0n) is 18.7. The lowest BCUT2D eigenvalue weighted by atomic mass is 9.93. The number of nitrogens with one attached hydrogen (secondary N) is 2. The Morgan fingerprint density at radius 3 is 2.45 bits per heavy atom. The number of furan rings is 1. The molecule has 33 heavy (non-hydrogen) atoms. The van der Waals surface area contributed by atoms with Crippen LogP contribution in [0, 0.1) is 6.92 Å². The lowest BCUT2D eigenvalue weighted by molar-refractivity contribution is 0.0953. The predicted octanol–water partition coefficient (Wildman–Crippen LogP) is 4.33. The topological polar surface area (TPSA) is 102 Å². The first-order valence-corrected chi connectivity index (χ1v) is 10.6. The quantitative estimate of drug-likeness (QED) is 0.548. The predicted molar refractivity (Wildman–Crippen MR) is 124 cm³/mol. The van der Waals surface area contributed by atoms with Gasteiger partial charge in [-0.3, -0.25) is 9.59 Å². The molecule has 2 amide bonds. The van der Waals surface area contributed by atoms with E-state index in [1.165, 1.54) is 0 Å². The maximum absolute atomic E-state index is 12.9. The Morgan fingerprint density at radius 1 is 0.970 bits per heavy atom. The maximum Gasteiger partial charge on any atom is 0.291 e. The van der Waals surface area contributed by atoms with Gasteiger partial charge < -0.3 is 19.2 Å². The molecule has 1 heterocycles. The van der Waals surface area contributed by atoms with E-state index < -0.39 is 0 Å². The van der Waals surface area contributed by atoms with Gasteiger partial charge in [-0.25, -0.2) is 5.43 Å². The highest BCUT2D eigenvalue weighted by Crippen LogP contribution is 2.30. The van der Waals surface area contributed by atoms with Gasteiger partial charge in [0.15, 0.2) is 5.76 Å². The van der Waals surface area contributed by atoms with Gasteiger partial charge in [0.2, 0.25) is 0 Å². The third-order valence-electron chi connectivity index (χ3n) is 5.50. The van der Waals surface area contributed by atoms with Crippen LogP contribution in [0.2, 0.25) is 0 Å². The van der Waals surface area contributed by atoms with E-state index in [-0.39, 0.29) is 17.6 Å². The summed E-state index contributed by atoms with van der Waals surface area (Å²) in [6, 6.07) is 13.9. The van der Waals surface area contributed by atoms with Gasteiger partial charge in [0.05, 0.1) is 19.9 Å². The van der Waals surface area contributed by atoms with Gasteiger partial charge in [0.25, 0.3) is 11.8 Å². The van der Waals surface area contributed by atoms with Gasteiger partial charge in [0.1, 0.15) is 17.3 Å². The van der Waals surface area contributed by atoms with Crippen LogP contribution in [0.1, 0.15) is 50.6 Å². The maximum atomic E-state index is 12.9. The number of carbonyl (C=O) groups excluding carboxylic acids is 2. The minimum absolute atomic E-state index is 0.240. The molecule has 8 heteroatoms. The summed E-state index contributed by atoms with van der Waals surface area (Å²) in [7, 11) is 3.13. The average molecular weight is 447 g/mol. The number of carbonyl (C=O) groups is 2. The fraction of sp³-hybridized carbons (Fsp3) is 0.240. The molecule has 2 N–H and O–H groups in total. The van der Waals surface area contributed by atoms with Gasteiger partial charge in [-0.2, -0.15) is 5.10 Å². The molecule has 170 valence electrons. The fourth-order valence-electron chi connectivity index (χ4n) is 3.81. The SMILES string of the molecule is COc1ccc(NC(=O)c2oc3c(c2C)/C(=N/NC(=O)c2cccc(OC)c2)CCC3)cc1. The van der Waals surface area contributed by atoms with E-state index in [1.807, 2.05) is 6.92 Å². The standard InChI is InChI=1S/C25H25N3O5/c1-15-22-20(27-28-24(29)16-6-4-7-19(14-16)32-3)8-5-9-21(22)33-23(15)25(30)26-17-10-12-18(31-2)13-11-17/h4,6-7,10-14H,5,8-9H2,1-3H3,(H,26,30)(H,28,29)/b27-20+. The van der Waals surface area contributed by atoms with Crippen molar-refractivity contribution in [2.24, 2.45) is 5.10 Å². The van der Waals surface area contributed by atoms with E-state index in [2.05, 4.69) is 15.8 Å². The molecule has 0 unspecified atom stereocenters. The third-order valence-corrected chi connectivity index (χ3v) is 5.50. The van der Waals surface area contributed by atoms with Crippen LogP contribution in [-0.2, 0) is 6.42 Å². The first kappa shape index (κ1) is 22.1. The Balaban J connectivity index is 1.54. The number of hydrazone groups is 1. The van der Waals surface area contributed by atoms with Crippen molar-refractivity contribution in [1.82, 2.24) is 5.43 Å². The second kappa shape index (κ2) is 9.60. The Bertz CT molecular complexity index is 1210. The monoisotopic (exact) mass is 447 g/mol. The van der Waals surface area contributed by atoms with Crippen molar-refractivity contribution in [2.75, 3.05) is 19.5 Å². The van der Waals surface area contributed by atoms with Gasteiger partial charge in [-0.05, 0) is 62.2 Å². The minimum atomic E-state index is -0.341. The molecule has 0 spiro atoms. The highest BCUT2D eigenvalue weighted by molar-refractivity contribution is 6.09. The average Bonchev–Trinajstić information content (AvgIpc) is 3.20. The summed E-state index contributed by atoms with van der Waals surface area (Å²) in [5.74, 6) is 1.56. The Kier molecular flexibility index (Phi) is 6.44. The van der Waals surface area contributed by atoms with E-state index >= 15 is 0 Å². The van der Waals surface area contributed by atoms with E-state index in [1.54, 1.807) is 62.8 Å². The number of hydrogen-bond acceptors (Lipinski definition) is 6. The minimum Gasteiger partial charge on any atom is -0.497 e. The first-order valence-electron chi connectivity index (χ1n) is 10.6. The van der Waals surface area contributed by atoms with Crippen molar-refractivity contribution in [1.29, 1.82) is 0 Å². The molecule has 8 nitrogen and oxygen atoms in total. The molecule has 2 aromatic carbocycles. The van der Waals surface area contributed by atoms with Gasteiger partial charge >= 0.3 is 0 Å². The smallest absolute Gasteiger partial charge is 0.291 e. The van der Waals surface area contributed by atoms with Crippen LogP contribution < -0.4 is 20.2 Å². The number of rotatable bonds is 6. The molecule has 1 aliphatic rings. The van der Waals surface area contributed by atoms with Crippen LogP contribution in [-0.4, -0.2) is 31.7 Å². The van der Waals surface area contributed by atoms with Crippen LogP contribution in [0.5, 0.6) is 11.5 Å². The molecule has 3 aromatic rings. The number of hydrogen-bond donors (Lipinski definition) is 2. The molecule has 0 aliphatic heterocycles. The third kappa shape index (κ3) is 4.74. The van der Waals surface area contributed by atoms with Crippen LogP contribution in [0.25, 0.3) is 0 Å². The molecular formula is C25H25N3O5. The zero-order valence-corrected chi connectivity index (χ0v) is 18.7. The molecule has 0 atom stereocenters. The lowest BCUT2D eigenvalue weighted by Gasteiger charge is -2.13. The molecule has 0 saturated carbocycles. The van der Waals surface area contributed by atoms with Crippen LogP contribution in [0.15, 0.2) is 58.0 Å². The second-order valence-corrected chi connectivity index (χ2v) is 7.62. The van der Waals surface area contributed by atoms with Gasteiger partial charge in [-0.15, -0.1) is 0 Å². The van der Waals surface area contributed by atoms with E-state index in [0.29, 0.717) is 52.6 Å². The molecular weight excluding hydrogens is 422 g/mol. The fourth-order valence-corrected chi connectivity index (χ4v) is 3.81. The number of methoxy groups -OCH3 is 2. The molecule has 1 aliphatic carbocycles. The Hall–Kier alpha value is -4.07. The van der Waals surface area contributed by atoms with Crippen molar-refractivity contribution >= 4 is 23.2 Å². The molecule has 4 rings (SSSR count). The number of anilines is 1. The van der Waals surface area contributed by atoms with Crippen LogP contribution >= 0.6 is 0 Å². The van der Waals surface area contributed by atoms with Gasteiger partial charge in [-0.1, -0.05) is 6.07 Å². The van der Waals surface area contributed by atoms with E-state index in [9.17, 15) is 9.59 Å². The van der Waals surface area contributed by atoms with Crippen molar-refractivity contribution < 1.29 is 23.5 Å². The van der Waals surface area contributed by atoms with E-state index in [0.717, 1.165) is 12.0 Å². The summed E-state index contributed by atoms with van der Waals surface area (Å²) in [5, 5.41) is 7.21. The van der Waals surface area contributed by atoms with Crippen molar-refractivity contribution in [2.45, 2.75) is 26.2 Å². The number of ether oxygens (including phenoxy) is 2. The molecule has 0 fully saturated rings. The highest BCUT2D eigenvalue weighted by Gasteiger charge is 2.28. The normalized spacial score (nSPS) is 13.8. The number of fused-ring (bicyclic) bond motifs is 1. The summed E-state index contributed by atoms with van der Waals surface area (Å²) in [4.78, 5) is 25.4. The lowest BCUT2D eigenvalue weighted by Crippen LogP contribution is -2.22. The Labute approximate surface area is 191 Å². The number of benzene rings is 2. The Morgan fingerprint density at radius 2 is 1.73 bits per heavy atom. The largest absolute Gasteiger partial charge is 0.497 e. The van der Waals surface area contributed by atoms with Gasteiger partial charge in [0, 0.05) is 28.8 Å². The highest BCUT2D eigenvalue weighted by atomic mass is 16.5. The summed E-state index contributed by atoms with van der Waals surface area (Å²) >= 11 is 0. The molecule has 0 saturated heterocycles. The van der Waals surface area contributed by atoms with Crippen molar-refractivity contribution in [3.63, 3.8) is 0 Å². The summed E-state index contributed by atoms with van der Waals surface area (Å²) < 4.78 is 16.2. The van der Waals surface area contributed by atoms with Crippen LogP contribution in [0.4, 0.5) is 5.69 Å². The number of nitrogens with zero attached hydrogens (tertiary/aromatic N) is 1. The molecule has 0 bridgehead atoms. The summed E-state index contributed by atoms with van der Waals surface area (Å²) in [6.45, 7) is 1.83. The first-order chi connectivity index (χ1) is 16.0.